The first kappa shape index (κ1) is 22.3. The smallest absolute Gasteiger partial charge is 0.238 e. The van der Waals surface area contributed by atoms with E-state index in [-0.39, 0.29) is 18.9 Å². The molecule has 10 heteroatoms. The van der Waals surface area contributed by atoms with E-state index in [4.69, 9.17) is 0 Å². The summed E-state index contributed by atoms with van der Waals surface area (Å²) in [5.74, 6) is -0.369. The molecule has 2 aliphatic rings. The summed E-state index contributed by atoms with van der Waals surface area (Å²) in [5, 5.41) is 15.5. The summed E-state index contributed by atoms with van der Waals surface area (Å²) in [4.78, 5) is 18.2. The fraction of sp³-hybridized carbons (Fsp3) is 0.524. The number of carbonyl (C=O) groups is 1. The van der Waals surface area contributed by atoms with Gasteiger partial charge in [0.2, 0.25) is 15.9 Å². The van der Waals surface area contributed by atoms with Crippen LogP contribution in [0, 0.1) is 6.92 Å². The van der Waals surface area contributed by atoms with Crippen molar-refractivity contribution in [1.29, 1.82) is 0 Å². The number of aliphatic hydroxyl groups is 1. The number of hydrogen-bond donors (Lipinski definition) is 3. The molecule has 2 aliphatic heterocycles. The molecule has 168 valence electrons. The van der Waals surface area contributed by atoms with Crippen LogP contribution >= 0.6 is 11.3 Å². The first-order valence-electron chi connectivity index (χ1n) is 10.5. The summed E-state index contributed by atoms with van der Waals surface area (Å²) in [6.45, 7) is 3.43. The average molecular weight is 465 g/mol. The second-order valence-electron chi connectivity index (χ2n) is 8.17. The van der Waals surface area contributed by atoms with Gasteiger partial charge in [0.1, 0.15) is 6.04 Å². The topological polar surface area (TPSA) is 112 Å². The van der Waals surface area contributed by atoms with Crippen LogP contribution in [0.25, 0.3) is 10.4 Å². The van der Waals surface area contributed by atoms with E-state index in [0.717, 1.165) is 34.7 Å². The van der Waals surface area contributed by atoms with Gasteiger partial charge in [-0.3, -0.25) is 4.79 Å². The van der Waals surface area contributed by atoms with Crippen LogP contribution in [-0.2, 0) is 21.4 Å². The number of aliphatic hydroxyl groups excluding tert-OH is 1. The largest absolute Gasteiger partial charge is 0.392 e. The Labute approximate surface area is 186 Å². The zero-order valence-corrected chi connectivity index (χ0v) is 19.1. The van der Waals surface area contributed by atoms with E-state index < -0.39 is 27.4 Å². The maximum absolute atomic E-state index is 13.1. The van der Waals surface area contributed by atoms with Crippen LogP contribution in [0.2, 0.25) is 0 Å². The fourth-order valence-electron chi connectivity index (χ4n) is 4.23. The normalized spacial score (nSPS) is 24.9. The Bertz CT molecular complexity index is 1020. The van der Waals surface area contributed by atoms with Crippen LogP contribution in [0.15, 0.2) is 29.8 Å². The van der Waals surface area contributed by atoms with Crippen molar-refractivity contribution in [3.63, 3.8) is 0 Å². The lowest BCUT2D eigenvalue weighted by Gasteiger charge is -2.30. The minimum Gasteiger partial charge on any atom is -0.392 e. The minimum absolute atomic E-state index is 0.0280. The fourth-order valence-corrected chi connectivity index (χ4v) is 7.13. The Morgan fingerprint density at radius 2 is 2.13 bits per heavy atom. The first-order chi connectivity index (χ1) is 14.9. The number of carbonyl (C=O) groups excluding carboxylic acids is 1. The lowest BCUT2D eigenvalue weighted by molar-refractivity contribution is -0.124. The van der Waals surface area contributed by atoms with Crippen LogP contribution in [0.1, 0.15) is 30.5 Å². The van der Waals surface area contributed by atoms with Gasteiger partial charge in [-0.15, -0.1) is 11.3 Å². The van der Waals surface area contributed by atoms with E-state index in [9.17, 15) is 18.3 Å². The Kier molecular flexibility index (Phi) is 6.73. The molecule has 0 bridgehead atoms. The number of aromatic nitrogens is 1. The number of hydrogen-bond acceptors (Lipinski definition) is 7. The van der Waals surface area contributed by atoms with Gasteiger partial charge in [0, 0.05) is 26.1 Å². The number of amides is 1. The molecule has 2 saturated heterocycles. The molecule has 2 aromatic rings. The van der Waals surface area contributed by atoms with Crippen LogP contribution in [0.3, 0.4) is 0 Å². The number of nitrogens with zero attached hydrogens (tertiary/aromatic N) is 2. The molecule has 0 radical (unpaired) electrons. The molecule has 0 aliphatic carbocycles. The van der Waals surface area contributed by atoms with Gasteiger partial charge in [0.05, 0.1) is 27.4 Å². The molecule has 0 spiro atoms. The molecule has 0 saturated carbocycles. The van der Waals surface area contributed by atoms with E-state index in [1.165, 1.54) is 4.31 Å². The van der Waals surface area contributed by atoms with Crippen molar-refractivity contribution < 1.29 is 18.3 Å². The quantitative estimate of drug-likeness (QED) is 0.593. The van der Waals surface area contributed by atoms with Crippen molar-refractivity contribution in [1.82, 2.24) is 19.9 Å². The SMILES string of the molecule is Cc1ncsc1-c1ccc(CNC(=O)[C@@H]2C[C@@H](O)CN2S(=O)(=O)C2CCCNC2)cc1. The highest BCUT2D eigenvalue weighted by Crippen LogP contribution is 2.28. The van der Waals surface area contributed by atoms with Crippen molar-refractivity contribution in [2.75, 3.05) is 19.6 Å². The second kappa shape index (κ2) is 9.33. The Hall–Kier alpha value is -1.85. The molecule has 1 aromatic heterocycles. The van der Waals surface area contributed by atoms with E-state index in [1.807, 2.05) is 36.7 Å². The van der Waals surface area contributed by atoms with Crippen molar-refractivity contribution in [2.45, 2.75) is 50.1 Å². The van der Waals surface area contributed by atoms with Crippen molar-refractivity contribution in [3.05, 3.63) is 41.0 Å². The molecule has 1 unspecified atom stereocenters. The standard InChI is InChI=1S/C21H28N4O4S2/c1-14-20(30-13-24-14)16-6-4-15(5-7-16)10-23-21(27)19-9-17(26)12-25(19)31(28,29)18-3-2-8-22-11-18/h4-7,13,17-19,22,26H,2-3,8-12H2,1H3,(H,23,27)/t17-,18?,19+/m1/s1. The molecule has 2 fully saturated rings. The maximum Gasteiger partial charge on any atom is 0.238 e. The number of rotatable bonds is 6. The highest BCUT2D eigenvalue weighted by atomic mass is 32.2. The van der Waals surface area contributed by atoms with Crippen LogP contribution in [0.5, 0.6) is 0 Å². The van der Waals surface area contributed by atoms with Crippen LogP contribution < -0.4 is 10.6 Å². The molecule has 4 rings (SSSR count). The van der Waals surface area contributed by atoms with E-state index in [1.54, 1.807) is 11.3 Å². The third-order valence-electron chi connectivity index (χ3n) is 5.96. The van der Waals surface area contributed by atoms with Gasteiger partial charge in [-0.25, -0.2) is 13.4 Å². The summed E-state index contributed by atoms with van der Waals surface area (Å²) in [5.41, 5.74) is 4.80. The summed E-state index contributed by atoms with van der Waals surface area (Å²) in [6, 6.07) is 7.00. The summed E-state index contributed by atoms with van der Waals surface area (Å²) in [6.07, 6.45) is 0.647. The van der Waals surface area contributed by atoms with Crippen molar-refractivity contribution in [2.24, 2.45) is 0 Å². The van der Waals surface area contributed by atoms with Crippen LogP contribution in [0.4, 0.5) is 0 Å². The Balaban J connectivity index is 1.40. The molecular weight excluding hydrogens is 436 g/mol. The molecule has 3 N–H and O–H groups in total. The van der Waals surface area contributed by atoms with Crippen LogP contribution in [-0.4, -0.2) is 65.8 Å². The van der Waals surface area contributed by atoms with E-state index >= 15 is 0 Å². The molecule has 3 atom stereocenters. The number of aryl methyl sites for hydroxylation is 1. The number of thiazole rings is 1. The van der Waals surface area contributed by atoms with Crippen molar-refractivity contribution >= 4 is 27.3 Å². The van der Waals surface area contributed by atoms with Gasteiger partial charge in [0.25, 0.3) is 0 Å². The number of nitrogens with one attached hydrogen (secondary N) is 2. The summed E-state index contributed by atoms with van der Waals surface area (Å²) < 4.78 is 27.4. The highest BCUT2D eigenvalue weighted by Gasteiger charge is 2.45. The minimum atomic E-state index is -3.66. The predicted molar refractivity (Wildman–Crippen MR) is 120 cm³/mol. The van der Waals surface area contributed by atoms with Gasteiger partial charge in [-0.2, -0.15) is 4.31 Å². The monoisotopic (exact) mass is 464 g/mol. The zero-order valence-electron chi connectivity index (χ0n) is 17.5. The summed E-state index contributed by atoms with van der Waals surface area (Å²) in [7, 11) is -3.66. The van der Waals surface area contributed by atoms with E-state index in [0.29, 0.717) is 19.5 Å². The highest BCUT2D eigenvalue weighted by molar-refractivity contribution is 7.89. The Morgan fingerprint density at radius 3 is 2.77 bits per heavy atom. The molecule has 8 nitrogen and oxygen atoms in total. The number of benzene rings is 1. The van der Waals surface area contributed by atoms with Gasteiger partial charge < -0.3 is 15.7 Å². The predicted octanol–water partition coefficient (Wildman–Crippen LogP) is 1.25. The third-order valence-corrected chi connectivity index (χ3v) is 9.24. The van der Waals surface area contributed by atoms with Gasteiger partial charge in [0.15, 0.2) is 0 Å². The Morgan fingerprint density at radius 1 is 1.35 bits per heavy atom. The first-order valence-corrected chi connectivity index (χ1v) is 12.9. The van der Waals surface area contributed by atoms with E-state index in [2.05, 4.69) is 15.6 Å². The lowest BCUT2D eigenvalue weighted by Crippen LogP contribution is -2.51. The van der Waals surface area contributed by atoms with Gasteiger partial charge in [-0.05, 0) is 37.4 Å². The molecular formula is C21H28N4O4S2. The zero-order chi connectivity index (χ0) is 22.0. The molecule has 1 amide bonds. The number of β-amino-alcohol motifs (C(OH)–C–C–N with tert-alkyl or cyclic N) is 1. The maximum atomic E-state index is 13.1. The van der Waals surface area contributed by atoms with Gasteiger partial charge >= 0.3 is 0 Å². The molecule has 3 heterocycles. The third kappa shape index (κ3) is 4.83. The molecule has 1 aromatic carbocycles. The summed E-state index contributed by atoms with van der Waals surface area (Å²) >= 11 is 1.59. The lowest BCUT2D eigenvalue weighted by atomic mass is 10.1. The number of sulfonamides is 1. The second-order valence-corrected chi connectivity index (χ2v) is 11.2. The van der Waals surface area contributed by atoms with Gasteiger partial charge in [-0.1, -0.05) is 24.3 Å². The van der Waals surface area contributed by atoms with Crippen molar-refractivity contribution in [3.8, 4) is 10.4 Å². The molecule has 31 heavy (non-hydrogen) atoms. The average Bonchev–Trinajstić information content (AvgIpc) is 3.39. The number of piperidine rings is 1.